The highest BCUT2D eigenvalue weighted by Crippen LogP contribution is 2.06. The molecule has 2 aromatic rings. The summed E-state index contributed by atoms with van der Waals surface area (Å²) < 4.78 is 7.13. The second-order valence-corrected chi connectivity index (χ2v) is 6.87. The predicted octanol–water partition coefficient (Wildman–Crippen LogP) is 0.871. The minimum Gasteiger partial charge on any atom is -0.380 e. The third-order valence-corrected chi connectivity index (χ3v) is 4.66. The van der Waals surface area contributed by atoms with E-state index in [9.17, 15) is 9.59 Å². The van der Waals surface area contributed by atoms with E-state index in [4.69, 9.17) is 4.74 Å². The van der Waals surface area contributed by atoms with Crippen LogP contribution in [-0.4, -0.2) is 60.3 Å². The van der Waals surface area contributed by atoms with Crippen molar-refractivity contribution < 1.29 is 9.53 Å². The van der Waals surface area contributed by atoms with Gasteiger partial charge in [-0.25, -0.2) is 4.98 Å². The van der Waals surface area contributed by atoms with Gasteiger partial charge in [0.25, 0.3) is 5.56 Å². The average molecular weight is 358 g/mol. The van der Waals surface area contributed by atoms with Gasteiger partial charge >= 0.3 is 0 Å². The van der Waals surface area contributed by atoms with E-state index >= 15 is 0 Å². The van der Waals surface area contributed by atoms with Gasteiger partial charge in [-0.15, -0.1) is 0 Å². The Hall–Kier alpha value is -2.25. The summed E-state index contributed by atoms with van der Waals surface area (Å²) in [7, 11) is 2.07. The Morgan fingerprint density at radius 3 is 3.12 bits per heavy atom. The third kappa shape index (κ3) is 4.89. The highest BCUT2D eigenvalue weighted by molar-refractivity contribution is 5.77. The summed E-state index contributed by atoms with van der Waals surface area (Å²) in [5.74, 6) is 0.331. The first-order chi connectivity index (χ1) is 12.6. The zero-order valence-electron chi connectivity index (χ0n) is 15.2. The number of benzene rings is 1. The van der Waals surface area contributed by atoms with Crippen molar-refractivity contribution in [2.24, 2.45) is 5.92 Å². The second kappa shape index (κ2) is 8.91. The van der Waals surface area contributed by atoms with Gasteiger partial charge in [-0.3, -0.25) is 14.2 Å². The normalized spacial score (nSPS) is 18.6. The lowest BCUT2D eigenvalue weighted by Gasteiger charge is -2.19. The molecular formula is C19H26N4O3. The Labute approximate surface area is 153 Å². The van der Waals surface area contributed by atoms with Gasteiger partial charge in [-0.05, 0) is 25.6 Å². The minimum atomic E-state index is -0.0605. The molecule has 26 heavy (non-hydrogen) atoms. The number of ether oxygens (including phenoxy) is 1. The molecule has 0 spiro atoms. The molecule has 0 radical (unpaired) electrons. The SMILES string of the molecule is CN1CCOC[C@H](CNC(=O)CCCn2cnc3ccccc3c2=O)C1. The summed E-state index contributed by atoms with van der Waals surface area (Å²) in [4.78, 5) is 31.0. The number of amides is 1. The standard InChI is InChI=1S/C19H26N4O3/c1-22-9-10-26-13-15(12-22)11-20-18(24)7-4-8-23-14-21-17-6-3-2-5-16(17)19(23)25/h2-3,5-6,14-15H,4,7-13H2,1H3,(H,20,24)/t15-/m1/s1. The molecule has 3 rings (SSSR count). The first-order valence-electron chi connectivity index (χ1n) is 9.10. The van der Waals surface area contributed by atoms with Crippen molar-refractivity contribution in [3.8, 4) is 0 Å². The summed E-state index contributed by atoms with van der Waals surface area (Å²) >= 11 is 0. The van der Waals surface area contributed by atoms with Crippen LogP contribution >= 0.6 is 0 Å². The molecule has 7 nitrogen and oxygen atoms in total. The van der Waals surface area contributed by atoms with Gasteiger partial charge in [0.1, 0.15) is 0 Å². The molecule has 1 aliphatic rings. The maximum absolute atomic E-state index is 12.4. The van der Waals surface area contributed by atoms with E-state index in [1.807, 2.05) is 18.2 Å². The number of fused-ring (bicyclic) bond motifs is 1. The van der Waals surface area contributed by atoms with Crippen LogP contribution in [0.1, 0.15) is 12.8 Å². The van der Waals surface area contributed by atoms with Crippen LogP contribution in [-0.2, 0) is 16.1 Å². The molecule has 1 aromatic heterocycles. The fourth-order valence-electron chi connectivity index (χ4n) is 3.20. The van der Waals surface area contributed by atoms with Gasteiger partial charge in [0.05, 0.1) is 30.4 Å². The first-order valence-corrected chi connectivity index (χ1v) is 9.10. The fourth-order valence-corrected chi connectivity index (χ4v) is 3.20. The minimum absolute atomic E-state index is 0.0127. The predicted molar refractivity (Wildman–Crippen MR) is 100 cm³/mol. The van der Waals surface area contributed by atoms with Gasteiger partial charge in [0, 0.05) is 38.5 Å². The van der Waals surface area contributed by atoms with Crippen molar-refractivity contribution in [3.05, 3.63) is 40.9 Å². The van der Waals surface area contributed by atoms with Crippen molar-refractivity contribution in [2.45, 2.75) is 19.4 Å². The van der Waals surface area contributed by atoms with E-state index in [-0.39, 0.29) is 11.5 Å². The number of hydrogen-bond donors (Lipinski definition) is 1. The Bertz CT molecular complexity index is 805. The van der Waals surface area contributed by atoms with Gasteiger partial charge < -0.3 is 15.0 Å². The number of aromatic nitrogens is 2. The van der Waals surface area contributed by atoms with E-state index in [2.05, 4.69) is 22.2 Å². The fraction of sp³-hybridized carbons (Fsp3) is 0.526. The van der Waals surface area contributed by atoms with Crippen LogP contribution in [0, 0.1) is 5.92 Å². The molecule has 140 valence electrons. The summed E-state index contributed by atoms with van der Waals surface area (Å²) in [6.07, 6.45) is 2.55. The molecular weight excluding hydrogens is 332 g/mol. The van der Waals surface area contributed by atoms with Crippen molar-refractivity contribution in [3.63, 3.8) is 0 Å². The molecule has 7 heteroatoms. The zero-order valence-corrected chi connectivity index (χ0v) is 15.2. The number of carbonyl (C=O) groups is 1. The first kappa shape index (κ1) is 18.5. The quantitative estimate of drug-likeness (QED) is 0.829. The Morgan fingerprint density at radius 1 is 1.38 bits per heavy atom. The number of rotatable bonds is 6. The number of hydrogen-bond acceptors (Lipinski definition) is 5. The van der Waals surface area contributed by atoms with Crippen molar-refractivity contribution >= 4 is 16.8 Å². The third-order valence-electron chi connectivity index (χ3n) is 4.66. The Balaban J connectivity index is 1.45. The largest absolute Gasteiger partial charge is 0.380 e. The maximum atomic E-state index is 12.4. The average Bonchev–Trinajstić information content (AvgIpc) is 2.86. The number of likely N-dealkylation sites (N-methyl/N-ethyl adjacent to an activating group) is 1. The summed E-state index contributed by atoms with van der Waals surface area (Å²) in [5, 5.41) is 3.59. The number of carbonyl (C=O) groups excluding carboxylic acids is 1. The number of nitrogens with one attached hydrogen (secondary N) is 1. The second-order valence-electron chi connectivity index (χ2n) is 6.87. The van der Waals surface area contributed by atoms with Crippen LogP contribution in [0.2, 0.25) is 0 Å². The monoisotopic (exact) mass is 358 g/mol. The molecule has 1 atom stereocenters. The van der Waals surface area contributed by atoms with E-state index in [1.54, 1.807) is 17.0 Å². The zero-order chi connectivity index (χ0) is 18.4. The van der Waals surface area contributed by atoms with Crippen molar-refractivity contribution in [1.29, 1.82) is 0 Å². The van der Waals surface area contributed by atoms with Crippen LogP contribution in [0.4, 0.5) is 0 Å². The van der Waals surface area contributed by atoms with E-state index in [0.29, 0.717) is 49.4 Å². The molecule has 1 amide bonds. The molecule has 1 saturated heterocycles. The van der Waals surface area contributed by atoms with Gasteiger partial charge in [-0.1, -0.05) is 12.1 Å². The lowest BCUT2D eigenvalue weighted by atomic mass is 10.1. The van der Waals surface area contributed by atoms with Crippen LogP contribution < -0.4 is 10.9 Å². The molecule has 0 aliphatic carbocycles. The molecule has 0 saturated carbocycles. The van der Waals surface area contributed by atoms with E-state index in [0.717, 1.165) is 19.7 Å². The van der Waals surface area contributed by atoms with Crippen LogP contribution in [0.3, 0.4) is 0 Å². The molecule has 1 aromatic carbocycles. The summed E-state index contributed by atoms with van der Waals surface area (Å²) in [6.45, 7) is 4.40. The van der Waals surface area contributed by atoms with E-state index in [1.165, 1.54) is 0 Å². The summed E-state index contributed by atoms with van der Waals surface area (Å²) in [5.41, 5.74) is 0.636. The van der Waals surface area contributed by atoms with Crippen molar-refractivity contribution in [2.75, 3.05) is 39.9 Å². The van der Waals surface area contributed by atoms with Crippen LogP contribution in [0.5, 0.6) is 0 Å². The van der Waals surface area contributed by atoms with E-state index < -0.39 is 0 Å². The van der Waals surface area contributed by atoms with Gasteiger partial charge in [0.2, 0.25) is 5.91 Å². The molecule has 1 N–H and O–H groups in total. The summed E-state index contributed by atoms with van der Waals surface area (Å²) in [6, 6.07) is 7.29. The lowest BCUT2D eigenvalue weighted by molar-refractivity contribution is -0.121. The molecule has 2 heterocycles. The highest BCUT2D eigenvalue weighted by Gasteiger charge is 2.16. The number of nitrogens with zero attached hydrogens (tertiary/aromatic N) is 3. The van der Waals surface area contributed by atoms with Gasteiger partial charge in [0.15, 0.2) is 0 Å². The molecule has 0 bridgehead atoms. The molecule has 1 fully saturated rings. The smallest absolute Gasteiger partial charge is 0.261 e. The van der Waals surface area contributed by atoms with Crippen molar-refractivity contribution in [1.82, 2.24) is 19.8 Å². The molecule has 0 unspecified atom stereocenters. The number of para-hydroxylation sites is 1. The Morgan fingerprint density at radius 2 is 2.23 bits per heavy atom. The number of aryl methyl sites for hydroxylation is 1. The molecule has 1 aliphatic heterocycles. The maximum Gasteiger partial charge on any atom is 0.261 e. The van der Waals surface area contributed by atoms with Crippen LogP contribution in [0.15, 0.2) is 35.4 Å². The topological polar surface area (TPSA) is 76.5 Å². The van der Waals surface area contributed by atoms with Crippen LogP contribution in [0.25, 0.3) is 10.9 Å². The lowest BCUT2D eigenvalue weighted by Crippen LogP contribution is -2.35. The Kier molecular flexibility index (Phi) is 6.35. The highest BCUT2D eigenvalue weighted by atomic mass is 16.5. The van der Waals surface area contributed by atoms with Gasteiger partial charge in [-0.2, -0.15) is 0 Å².